The molecule has 3 aromatic rings. The predicted molar refractivity (Wildman–Crippen MR) is 117 cm³/mol. The van der Waals surface area contributed by atoms with E-state index >= 15 is 0 Å². The van der Waals surface area contributed by atoms with Crippen molar-refractivity contribution in [3.63, 3.8) is 0 Å². The van der Waals surface area contributed by atoms with Gasteiger partial charge in [-0.3, -0.25) is 0 Å². The molecular weight excluding hydrogens is 380 g/mol. The number of hydrogen-bond acceptors (Lipinski definition) is 6. The van der Waals surface area contributed by atoms with Crippen molar-refractivity contribution in [1.29, 1.82) is 0 Å². The first-order chi connectivity index (χ1) is 14.5. The van der Waals surface area contributed by atoms with Crippen molar-refractivity contribution in [2.75, 3.05) is 13.7 Å². The molecule has 30 heavy (non-hydrogen) atoms. The third-order valence-corrected chi connectivity index (χ3v) is 5.80. The summed E-state index contributed by atoms with van der Waals surface area (Å²) in [6.45, 7) is 1.82. The van der Waals surface area contributed by atoms with Crippen LogP contribution in [0.4, 0.5) is 0 Å². The lowest BCUT2D eigenvalue weighted by atomic mass is 9.95. The molecule has 160 valence electrons. The fourth-order valence-corrected chi connectivity index (χ4v) is 3.84. The van der Waals surface area contributed by atoms with E-state index in [0.717, 1.165) is 47.2 Å². The fraction of sp³-hybridized carbons (Fsp3) is 0.458. The molecule has 2 aromatic carbocycles. The Labute approximate surface area is 177 Å². The van der Waals surface area contributed by atoms with Gasteiger partial charge in [-0.25, -0.2) is 4.98 Å². The van der Waals surface area contributed by atoms with Gasteiger partial charge in [0, 0.05) is 11.1 Å². The molecule has 1 atom stereocenters. The van der Waals surface area contributed by atoms with Gasteiger partial charge in [0.05, 0.1) is 19.8 Å². The van der Waals surface area contributed by atoms with Crippen LogP contribution in [0.15, 0.2) is 40.8 Å². The summed E-state index contributed by atoms with van der Waals surface area (Å²) < 4.78 is 17.7. The Balaban J connectivity index is 1.55. The minimum absolute atomic E-state index is 0.0361. The first kappa shape index (κ1) is 20.7. The van der Waals surface area contributed by atoms with Gasteiger partial charge in [0.1, 0.15) is 5.52 Å². The molecule has 0 amide bonds. The Kier molecular flexibility index (Phi) is 5.97. The van der Waals surface area contributed by atoms with Crippen molar-refractivity contribution in [1.82, 2.24) is 4.98 Å². The lowest BCUT2D eigenvalue weighted by Crippen LogP contribution is -2.40. The van der Waals surface area contributed by atoms with E-state index in [0.29, 0.717) is 18.1 Å². The summed E-state index contributed by atoms with van der Waals surface area (Å²) in [5, 5.41) is 9.34. The minimum Gasteiger partial charge on any atom is -0.493 e. The summed E-state index contributed by atoms with van der Waals surface area (Å²) in [6.07, 6.45) is 6.38. The van der Waals surface area contributed by atoms with E-state index in [1.54, 1.807) is 7.11 Å². The molecule has 1 aliphatic rings. The quantitative estimate of drug-likeness (QED) is 0.569. The number of hydrogen-bond donors (Lipinski definition) is 2. The molecule has 1 aliphatic carbocycles. The molecule has 0 aliphatic heterocycles. The number of ether oxygens (including phenoxy) is 2. The topological polar surface area (TPSA) is 90.7 Å². The van der Waals surface area contributed by atoms with Crippen LogP contribution in [-0.4, -0.2) is 35.5 Å². The van der Waals surface area contributed by atoms with Crippen LogP contribution in [0, 0.1) is 0 Å². The van der Waals surface area contributed by atoms with E-state index in [1.165, 1.54) is 12.8 Å². The van der Waals surface area contributed by atoms with Gasteiger partial charge in [0.15, 0.2) is 17.1 Å². The minimum atomic E-state index is -0.581. The zero-order valence-corrected chi connectivity index (χ0v) is 17.7. The Hall–Kier alpha value is -2.57. The highest BCUT2D eigenvalue weighted by Crippen LogP contribution is 2.36. The number of benzene rings is 2. The highest BCUT2D eigenvalue weighted by molar-refractivity contribution is 5.77. The molecule has 1 saturated carbocycles. The van der Waals surface area contributed by atoms with Gasteiger partial charge in [-0.1, -0.05) is 6.07 Å². The number of aliphatic hydroxyl groups excluding tert-OH is 1. The summed E-state index contributed by atoms with van der Waals surface area (Å²) in [5.41, 5.74) is 8.96. The van der Waals surface area contributed by atoms with E-state index in [9.17, 15) is 5.11 Å². The predicted octanol–water partition coefficient (Wildman–Crippen LogP) is 4.47. The van der Waals surface area contributed by atoms with E-state index in [-0.39, 0.29) is 12.7 Å². The number of oxazole rings is 1. The van der Waals surface area contributed by atoms with E-state index in [2.05, 4.69) is 4.98 Å². The number of aromatic nitrogens is 1. The third kappa shape index (κ3) is 4.60. The number of aliphatic hydroxyl groups is 1. The number of fused-ring (bicyclic) bond motifs is 1. The lowest BCUT2D eigenvalue weighted by molar-refractivity contribution is 0.200. The van der Waals surface area contributed by atoms with Crippen molar-refractivity contribution in [2.45, 2.75) is 57.1 Å². The Morgan fingerprint density at radius 3 is 2.70 bits per heavy atom. The average molecular weight is 411 g/mol. The molecule has 1 heterocycles. The van der Waals surface area contributed by atoms with Crippen molar-refractivity contribution >= 4 is 11.1 Å². The number of methoxy groups -OCH3 is 1. The van der Waals surface area contributed by atoms with Crippen LogP contribution in [0.1, 0.15) is 44.6 Å². The smallest absolute Gasteiger partial charge is 0.227 e. The lowest BCUT2D eigenvalue weighted by Gasteiger charge is -2.21. The second kappa shape index (κ2) is 8.66. The molecule has 6 heteroatoms. The van der Waals surface area contributed by atoms with Gasteiger partial charge >= 0.3 is 0 Å². The SMILES string of the molecule is COc1cc(-c2nc3cc(CC[C@@](C)(N)CO)ccc3o2)ccc1OC1CCCC1. The molecule has 0 radical (unpaired) electrons. The Morgan fingerprint density at radius 1 is 1.17 bits per heavy atom. The highest BCUT2D eigenvalue weighted by Gasteiger charge is 2.20. The number of nitrogens with two attached hydrogens (primary N) is 1. The van der Waals surface area contributed by atoms with Crippen LogP contribution in [-0.2, 0) is 6.42 Å². The monoisotopic (exact) mass is 410 g/mol. The summed E-state index contributed by atoms with van der Waals surface area (Å²) in [6, 6.07) is 11.8. The van der Waals surface area contributed by atoms with Crippen LogP contribution in [0.3, 0.4) is 0 Å². The zero-order chi connectivity index (χ0) is 21.1. The van der Waals surface area contributed by atoms with Gasteiger partial charge < -0.3 is 24.7 Å². The summed E-state index contributed by atoms with van der Waals surface area (Å²) in [4.78, 5) is 4.67. The van der Waals surface area contributed by atoms with Crippen LogP contribution >= 0.6 is 0 Å². The molecule has 4 rings (SSSR count). The highest BCUT2D eigenvalue weighted by atomic mass is 16.5. The summed E-state index contributed by atoms with van der Waals surface area (Å²) >= 11 is 0. The first-order valence-electron chi connectivity index (χ1n) is 10.6. The first-order valence-corrected chi connectivity index (χ1v) is 10.6. The second-order valence-corrected chi connectivity index (χ2v) is 8.52. The van der Waals surface area contributed by atoms with Crippen LogP contribution in [0.2, 0.25) is 0 Å². The van der Waals surface area contributed by atoms with Crippen molar-refractivity contribution < 1.29 is 19.0 Å². The van der Waals surface area contributed by atoms with Gasteiger partial charge in [-0.05, 0) is 81.3 Å². The average Bonchev–Trinajstić information content (AvgIpc) is 3.42. The molecule has 0 saturated heterocycles. The van der Waals surface area contributed by atoms with Gasteiger partial charge in [0.2, 0.25) is 5.89 Å². The molecule has 0 spiro atoms. The Bertz CT molecular complexity index is 1010. The largest absolute Gasteiger partial charge is 0.493 e. The van der Waals surface area contributed by atoms with Crippen LogP contribution in [0.5, 0.6) is 11.5 Å². The maximum Gasteiger partial charge on any atom is 0.227 e. The van der Waals surface area contributed by atoms with Crippen molar-refractivity contribution in [3.8, 4) is 23.0 Å². The molecule has 1 fully saturated rings. The Morgan fingerprint density at radius 2 is 1.97 bits per heavy atom. The van der Waals surface area contributed by atoms with E-state index < -0.39 is 5.54 Å². The standard InChI is InChI=1S/C24H30N2O4/c1-24(25,15-27)12-11-16-7-9-20-19(13-16)26-23(30-20)17-8-10-21(22(14-17)28-2)29-18-5-3-4-6-18/h7-10,13-14,18,27H,3-6,11-12,15,25H2,1-2H3/t24-/m1/s1. The van der Waals surface area contributed by atoms with Gasteiger partial charge in [-0.2, -0.15) is 0 Å². The maximum absolute atomic E-state index is 9.34. The number of aryl methyl sites for hydroxylation is 1. The van der Waals surface area contributed by atoms with Gasteiger partial charge in [-0.15, -0.1) is 0 Å². The third-order valence-electron chi connectivity index (χ3n) is 5.80. The molecule has 1 aromatic heterocycles. The van der Waals surface area contributed by atoms with Crippen molar-refractivity contribution in [2.24, 2.45) is 5.73 Å². The van der Waals surface area contributed by atoms with E-state index in [1.807, 2.05) is 43.3 Å². The zero-order valence-electron chi connectivity index (χ0n) is 17.7. The molecule has 0 unspecified atom stereocenters. The fourth-order valence-electron chi connectivity index (χ4n) is 3.84. The maximum atomic E-state index is 9.34. The molecular formula is C24H30N2O4. The summed E-state index contributed by atoms with van der Waals surface area (Å²) in [5.74, 6) is 2.00. The van der Waals surface area contributed by atoms with Crippen LogP contribution in [0.25, 0.3) is 22.6 Å². The second-order valence-electron chi connectivity index (χ2n) is 8.52. The number of nitrogens with zero attached hydrogens (tertiary/aromatic N) is 1. The molecule has 0 bridgehead atoms. The number of rotatable bonds is 8. The van der Waals surface area contributed by atoms with E-state index in [4.69, 9.17) is 19.6 Å². The molecule has 6 nitrogen and oxygen atoms in total. The van der Waals surface area contributed by atoms with Crippen molar-refractivity contribution in [3.05, 3.63) is 42.0 Å². The molecule has 3 N–H and O–H groups in total. The van der Waals surface area contributed by atoms with Gasteiger partial charge in [0.25, 0.3) is 0 Å². The summed E-state index contributed by atoms with van der Waals surface area (Å²) in [7, 11) is 1.65. The van der Waals surface area contributed by atoms with Crippen LogP contribution < -0.4 is 15.2 Å². The normalized spacial score (nSPS) is 16.7.